The van der Waals surface area contributed by atoms with E-state index in [0.29, 0.717) is 23.6 Å². The third-order valence-electron chi connectivity index (χ3n) is 4.15. The number of nitrogens with one attached hydrogen (secondary N) is 2. The fraction of sp³-hybridized carbons (Fsp3) is 0.238. The molecule has 0 fully saturated rings. The standard InChI is InChI=1S/C21H23N3O4S/c1-2-13-28-21(25)20-14-19(22-23-20)17-9-6-10-18(12-11-17)24-29(26,27)15-16-7-4-3-5-8-16/h3-12,14,17,24H,2,13,15H2,1H3,(H,22,23). The first-order chi connectivity index (χ1) is 14.0. The Morgan fingerprint density at radius 2 is 2.03 bits per heavy atom. The van der Waals surface area contributed by atoms with Crippen LogP contribution in [0.1, 0.15) is 41.0 Å². The number of H-pyrrole nitrogens is 1. The SMILES string of the molecule is CCCOC(=O)c1cc(C2C=CC=C(NS(=O)(=O)Cc3ccccc3)C=C2)[nH]n1. The van der Waals surface area contributed by atoms with Gasteiger partial charge in [-0.15, -0.1) is 0 Å². The Hall–Kier alpha value is -3.13. The highest BCUT2D eigenvalue weighted by molar-refractivity contribution is 7.88. The van der Waals surface area contributed by atoms with Gasteiger partial charge in [-0.1, -0.05) is 55.5 Å². The van der Waals surface area contributed by atoms with Gasteiger partial charge in [-0.2, -0.15) is 5.10 Å². The first-order valence-corrected chi connectivity index (χ1v) is 11.0. The summed E-state index contributed by atoms with van der Waals surface area (Å²) in [4.78, 5) is 11.9. The van der Waals surface area contributed by atoms with Crippen LogP contribution >= 0.6 is 0 Å². The van der Waals surface area contributed by atoms with Crippen LogP contribution in [0.25, 0.3) is 0 Å². The fourth-order valence-electron chi connectivity index (χ4n) is 2.77. The largest absolute Gasteiger partial charge is 0.461 e. The zero-order valence-electron chi connectivity index (χ0n) is 16.0. The van der Waals surface area contributed by atoms with Crippen molar-refractivity contribution in [3.8, 4) is 0 Å². The van der Waals surface area contributed by atoms with Gasteiger partial charge in [0.2, 0.25) is 10.0 Å². The summed E-state index contributed by atoms with van der Waals surface area (Å²) in [7, 11) is -3.53. The molecule has 0 saturated heterocycles. The smallest absolute Gasteiger partial charge is 0.358 e. The Balaban J connectivity index is 1.65. The minimum absolute atomic E-state index is 0.101. The van der Waals surface area contributed by atoms with Crippen LogP contribution in [0.15, 0.2) is 72.5 Å². The van der Waals surface area contributed by atoms with Crippen LogP contribution in [0.3, 0.4) is 0 Å². The van der Waals surface area contributed by atoms with Gasteiger partial charge in [0.15, 0.2) is 5.69 Å². The maximum Gasteiger partial charge on any atom is 0.358 e. The number of benzene rings is 1. The molecule has 0 aliphatic heterocycles. The summed E-state index contributed by atoms with van der Waals surface area (Å²) in [5, 5.41) is 6.85. The van der Waals surface area contributed by atoms with E-state index >= 15 is 0 Å². The predicted octanol–water partition coefficient (Wildman–Crippen LogP) is 3.19. The molecule has 3 rings (SSSR count). The number of esters is 1. The van der Waals surface area contributed by atoms with Crippen molar-refractivity contribution < 1.29 is 17.9 Å². The summed E-state index contributed by atoms with van der Waals surface area (Å²) in [6.07, 6.45) is 9.60. The molecule has 2 N–H and O–H groups in total. The summed E-state index contributed by atoms with van der Waals surface area (Å²) < 4.78 is 32.5. The van der Waals surface area contributed by atoms with Crippen molar-refractivity contribution in [2.75, 3.05) is 6.61 Å². The minimum Gasteiger partial charge on any atom is -0.461 e. The van der Waals surface area contributed by atoms with Gasteiger partial charge in [-0.05, 0) is 30.2 Å². The average Bonchev–Trinajstić information content (AvgIpc) is 3.08. The van der Waals surface area contributed by atoms with Crippen molar-refractivity contribution >= 4 is 16.0 Å². The van der Waals surface area contributed by atoms with E-state index in [1.165, 1.54) is 0 Å². The second kappa shape index (κ2) is 9.38. The highest BCUT2D eigenvalue weighted by Gasteiger charge is 2.17. The lowest BCUT2D eigenvalue weighted by Gasteiger charge is -2.08. The van der Waals surface area contributed by atoms with Crippen LogP contribution < -0.4 is 4.72 Å². The third kappa shape index (κ3) is 5.92. The molecule has 0 radical (unpaired) electrons. The molecular formula is C21H23N3O4S. The second-order valence-corrected chi connectivity index (χ2v) is 8.31. The Bertz CT molecular complexity index is 1040. The third-order valence-corrected chi connectivity index (χ3v) is 5.41. The van der Waals surface area contributed by atoms with Crippen molar-refractivity contribution in [1.82, 2.24) is 14.9 Å². The van der Waals surface area contributed by atoms with E-state index < -0.39 is 16.0 Å². The van der Waals surface area contributed by atoms with Gasteiger partial charge in [-0.3, -0.25) is 9.82 Å². The van der Waals surface area contributed by atoms with Gasteiger partial charge < -0.3 is 4.74 Å². The molecule has 0 spiro atoms. The number of ether oxygens (including phenoxy) is 1. The average molecular weight is 413 g/mol. The number of carbonyl (C=O) groups excluding carboxylic acids is 1. The number of aromatic nitrogens is 2. The van der Waals surface area contributed by atoms with Gasteiger partial charge in [-0.25, -0.2) is 13.2 Å². The van der Waals surface area contributed by atoms with Crippen molar-refractivity contribution in [2.45, 2.75) is 25.0 Å². The van der Waals surface area contributed by atoms with E-state index in [-0.39, 0.29) is 17.4 Å². The quantitative estimate of drug-likeness (QED) is 0.647. The van der Waals surface area contributed by atoms with E-state index in [2.05, 4.69) is 14.9 Å². The normalized spacial score (nSPS) is 16.2. The summed E-state index contributed by atoms with van der Waals surface area (Å²) in [5.41, 5.74) is 2.10. The van der Waals surface area contributed by atoms with E-state index in [1.807, 2.05) is 25.1 Å². The molecule has 7 nitrogen and oxygen atoms in total. The molecule has 29 heavy (non-hydrogen) atoms. The molecule has 1 aliphatic carbocycles. The number of allylic oxidation sites excluding steroid dienone is 5. The number of nitrogens with zero attached hydrogens (tertiary/aromatic N) is 1. The Morgan fingerprint density at radius 1 is 1.24 bits per heavy atom. The van der Waals surface area contributed by atoms with E-state index in [1.54, 1.807) is 48.6 Å². The number of aromatic amines is 1. The van der Waals surface area contributed by atoms with Gasteiger partial charge >= 0.3 is 5.97 Å². The molecule has 1 aliphatic rings. The molecule has 8 heteroatoms. The summed E-state index contributed by atoms with van der Waals surface area (Å²) in [6, 6.07) is 10.6. The van der Waals surface area contributed by atoms with Crippen molar-refractivity contribution in [2.24, 2.45) is 0 Å². The van der Waals surface area contributed by atoms with E-state index in [9.17, 15) is 13.2 Å². The van der Waals surface area contributed by atoms with Gasteiger partial charge in [0.1, 0.15) is 0 Å². The lowest BCUT2D eigenvalue weighted by Crippen LogP contribution is -2.23. The maximum absolute atomic E-state index is 12.4. The Labute approximate surface area is 170 Å². The summed E-state index contributed by atoms with van der Waals surface area (Å²) >= 11 is 0. The minimum atomic E-state index is -3.53. The van der Waals surface area contributed by atoms with Crippen molar-refractivity contribution in [1.29, 1.82) is 0 Å². The summed E-state index contributed by atoms with van der Waals surface area (Å²) in [5.74, 6) is -0.748. The van der Waals surface area contributed by atoms with E-state index in [0.717, 1.165) is 6.42 Å². The van der Waals surface area contributed by atoms with Crippen LogP contribution in [0.4, 0.5) is 0 Å². The molecule has 152 valence electrons. The molecule has 2 aromatic rings. The lowest BCUT2D eigenvalue weighted by molar-refractivity contribution is 0.0498. The maximum atomic E-state index is 12.4. The Morgan fingerprint density at radius 3 is 2.79 bits per heavy atom. The molecule has 1 heterocycles. The van der Waals surface area contributed by atoms with Crippen LogP contribution in [-0.2, 0) is 20.5 Å². The fourth-order valence-corrected chi connectivity index (χ4v) is 3.97. The lowest BCUT2D eigenvalue weighted by atomic mass is 10.0. The molecule has 0 amide bonds. The molecule has 1 aromatic carbocycles. The van der Waals surface area contributed by atoms with E-state index in [4.69, 9.17) is 4.74 Å². The van der Waals surface area contributed by atoms with Crippen LogP contribution in [0, 0.1) is 0 Å². The van der Waals surface area contributed by atoms with Crippen molar-refractivity contribution in [3.63, 3.8) is 0 Å². The molecule has 1 atom stereocenters. The molecular weight excluding hydrogens is 390 g/mol. The first kappa shape index (κ1) is 20.6. The number of rotatable bonds is 8. The predicted molar refractivity (Wildman–Crippen MR) is 110 cm³/mol. The highest BCUT2D eigenvalue weighted by atomic mass is 32.2. The molecule has 0 bridgehead atoms. The monoisotopic (exact) mass is 413 g/mol. The summed E-state index contributed by atoms with van der Waals surface area (Å²) in [6.45, 7) is 2.27. The second-order valence-electron chi connectivity index (χ2n) is 6.58. The first-order valence-electron chi connectivity index (χ1n) is 9.30. The van der Waals surface area contributed by atoms with Gasteiger partial charge in [0.25, 0.3) is 0 Å². The molecule has 1 aromatic heterocycles. The zero-order chi connectivity index (χ0) is 20.7. The molecule has 1 unspecified atom stereocenters. The van der Waals surface area contributed by atoms with Gasteiger partial charge in [0, 0.05) is 17.3 Å². The van der Waals surface area contributed by atoms with Gasteiger partial charge in [0.05, 0.1) is 12.4 Å². The molecule has 0 saturated carbocycles. The van der Waals surface area contributed by atoms with Crippen LogP contribution in [-0.4, -0.2) is 31.2 Å². The number of hydrogen-bond acceptors (Lipinski definition) is 5. The topological polar surface area (TPSA) is 101 Å². The number of carbonyl (C=O) groups is 1. The highest BCUT2D eigenvalue weighted by Crippen LogP contribution is 2.21. The number of hydrogen-bond donors (Lipinski definition) is 2. The Kier molecular flexibility index (Phi) is 6.66. The zero-order valence-corrected chi connectivity index (χ0v) is 16.9. The van der Waals surface area contributed by atoms with Crippen molar-refractivity contribution in [3.05, 3.63) is 89.4 Å². The van der Waals surface area contributed by atoms with Crippen LogP contribution in [0.5, 0.6) is 0 Å². The number of sulfonamides is 1. The van der Waals surface area contributed by atoms with Crippen LogP contribution in [0.2, 0.25) is 0 Å².